The van der Waals surface area contributed by atoms with E-state index in [1.54, 1.807) is 13.8 Å². The lowest BCUT2D eigenvalue weighted by molar-refractivity contribution is -0.147. The van der Waals surface area contributed by atoms with Crippen LogP contribution in [0.1, 0.15) is 53.9 Å². The maximum atomic E-state index is 9.78. The lowest BCUT2D eigenvalue weighted by Gasteiger charge is -2.37. The maximum Gasteiger partial charge on any atom is 0.631 e. The van der Waals surface area contributed by atoms with Gasteiger partial charge in [-0.25, -0.2) is 0 Å². The van der Waals surface area contributed by atoms with Crippen LogP contribution in [-0.2, 0) is 4.74 Å². The van der Waals surface area contributed by atoms with Crippen molar-refractivity contribution >= 4 is 7.32 Å². The highest BCUT2D eigenvalue weighted by Gasteiger charge is 2.35. The standard InChI is InChI=1S/C11H24O2.BH3O3/c1-6-7-8-9-13-11(4,5)10(2,3)12;2-1(3)4/h12H,6-9H2,1-5H3;2-4H. The SMILES string of the molecule is CCCCCOC(C)(C)C(C)(C)O.OB(O)O. The van der Waals surface area contributed by atoms with Crippen molar-refractivity contribution < 1.29 is 24.9 Å². The minimum atomic E-state index is -2.17. The Morgan fingerprint density at radius 3 is 1.71 bits per heavy atom. The van der Waals surface area contributed by atoms with Crippen molar-refractivity contribution in [1.29, 1.82) is 0 Å². The minimum Gasteiger partial charge on any atom is -0.402 e. The molecule has 0 radical (unpaired) electrons. The molecule has 104 valence electrons. The average Bonchev–Trinajstić information content (AvgIpc) is 2.09. The Morgan fingerprint density at radius 1 is 1.00 bits per heavy atom. The van der Waals surface area contributed by atoms with E-state index in [0.29, 0.717) is 0 Å². The number of hydrogen-bond donors (Lipinski definition) is 4. The van der Waals surface area contributed by atoms with E-state index in [1.807, 2.05) is 13.8 Å². The van der Waals surface area contributed by atoms with Gasteiger partial charge in [0.15, 0.2) is 0 Å². The molecule has 0 rings (SSSR count). The molecular formula is C11H27BO5. The first-order valence-electron chi connectivity index (χ1n) is 5.95. The molecule has 0 aromatic carbocycles. The molecule has 0 aromatic heterocycles. The van der Waals surface area contributed by atoms with Crippen molar-refractivity contribution in [1.82, 2.24) is 0 Å². The van der Waals surface area contributed by atoms with E-state index in [1.165, 1.54) is 12.8 Å². The monoisotopic (exact) mass is 250 g/mol. The Balaban J connectivity index is 0. The molecule has 0 spiro atoms. The number of unbranched alkanes of at least 4 members (excludes halogenated alkanes) is 2. The number of rotatable bonds is 6. The molecule has 0 aromatic rings. The Hall–Kier alpha value is -0.135. The van der Waals surface area contributed by atoms with Gasteiger partial charge >= 0.3 is 7.32 Å². The van der Waals surface area contributed by atoms with Crippen LogP contribution in [0.2, 0.25) is 0 Å². The molecule has 0 aliphatic carbocycles. The molecule has 0 amide bonds. The normalized spacial score (nSPS) is 11.8. The van der Waals surface area contributed by atoms with Crippen LogP contribution in [0.15, 0.2) is 0 Å². The smallest absolute Gasteiger partial charge is 0.402 e. The van der Waals surface area contributed by atoms with Crippen molar-refractivity contribution in [3.05, 3.63) is 0 Å². The Morgan fingerprint density at radius 2 is 1.41 bits per heavy atom. The molecule has 0 fully saturated rings. The second kappa shape index (κ2) is 8.88. The summed E-state index contributed by atoms with van der Waals surface area (Å²) in [5.41, 5.74) is -1.24. The predicted molar refractivity (Wildman–Crippen MR) is 68.3 cm³/mol. The van der Waals surface area contributed by atoms with E-state index in [0.717, 1.165) is 13.0 Å². The Labute approximate surface area is 105 Å². The molecule has 4 N–H and O–H groups in total. The zero-order chi connectivity index (χ0) is 14.1. The third-order valence-corrected chi connectivity index (χ3v) is 2.68. The van der Waals surface area contributed by atoms with Crippen LogP contribution in [0.3, 0.4) is 0 Å². The molecule has 5 nitrogen and oxygen atoms in total. The summed E-state index contributed by atoms with van der Waals surface area (Å²) in [5, 5.41) is 31.3. The van der Waals surface area contributed by atoms with E-state index < -0.39 is 18.5 Å². The average molecular weight is 250 g/mol. The number of hydrogen-bond acceptors (Lipinski definition) is 5. The van der Waals surface area contributed by atoms with Crippen molar-refractivity contribution in [2.24, 2.45) is 0 Å². The zero-order valence-electron chi connectivity index (χ0n) is 11.6. The first-order valence-corrected chi connectivity index (χ1v) is 5.95. The third kappa shape index (κ3) is 12.1. The van der Waals surface area contributed by atoms with Crippen LogP contribution in [0.25, 0.3) is 0 Å². The lowest BCUT2D eigenvalue weighted by Crippen LogP contribution is -2.47. The van der Waals surface area contributed by atoms with Crippen molar-refractivity contribution in [2.75, 3.05) is 6.61 Å². The van der Waals surface area contributed by atoms with Gasteiger partial charge in [-0.1, -0.05) is 19.8 Å². The fraction of sp³-hybridized carbons (Fsp3) is 1.00. The number of aliphatic hydroxyl groups is 1. The quantitative estimate of drug-likeness (QED) is 0.411. The first-order chi connectivity index (χ1) is 7.54. The topological polar surface area (TPSA) is 90.2 Å². The minimum absolute atomic E-state index is 0.458. The summed E-state index contributed by atoms with van der Waals surface area (Å²) in [5.74, 6) is 0. The van der Waals surface area contributed by atoms with Gasteiger partial charge in [-0.3, -0.25) is 0 Å². The summed E-state index contributed by atoms with van der Waals surface area (Å²) in [7, 11) is -2.17. The van der Waals surface area contributed by atoms with Gasteiger partial charge in [0, 0.05) is 6.61 Å². The Bertz CT molecular complexity index is 174. The fourth-order valence-electron chi connectivity index (χ4n) is 0.856. The van der Waals surface area contributed by atoms with Gasteiger partial charge < -0.3 is 24.9 Å². The Kier molecular flexibility index (Phi) is 10.0. The van der Waals surface area contributed by atoms with Crippen LogP contribution in [-0.4, -0.2) is 45.3 Å². The van der Waals surface area contributed by atoms with Crippen LogP contribution in [0.5, 0.6) is 0 Å². The second-order valence-electron chi connectivity index (χ2n) is 4.97. The molecule has 17 heavy (non-hydrogen) atoms. The van der Waals surface area contributed by atoms with Gasteiger partial charge in [0.05, 0.1) is 11.2 Å². The fourth-order valence-corrected chi connectivity index (χ4v) is 0.856. The van der Waals surface area contributed by atoms with E-state index in [4.69, 9.17) is 19.8 Å². The van der Waals surface area contributed by atoms with Gasteiger partial charge in [0.25, 0.3) is 0 Å². The molecule has 0 saturated carbocycles. The molecule has 0 heterocycles. The lowest BCUT2D eigenvalue weighted by atomic mass is 9.89. The third-order valence-electron chi connectivity index (χ3n) is 2.68. The van der Waals surface area contributed by atoms with Gasteiger partial charge in [-0.15, -0.1) is 0 Å². The molecule has 0 atom stereocenters. The van der Waals surface area contributed by atoms with E-state index in [2.05, 4.69) is 6.92 Å². The van der Waals surface area contributed by atoms with Gasteiger partial charge in [-0.2, -0.15) is 0 Å². The van der Waals surface area contributed by atoms with E-state index in [-0.39, 0.29) is 0 Å². The highest BCUT2D eigenvalue weighted by Crippen LogP contribution is 2.25. The van der Waals surface area contributed by atoms with E-state index >= 15 is 0 Å². The second-order valence-corrected chi connectivity index (χ2v) is 4.97. The summed E-state index contributed by atoms with van der Waals surface area (Å²) in [6.45, 7) is 10.3. The largest absolute Gasteiger partial charge is 0.631 e. The highest BCUT2D eigenvalue weighted by atomic mass is 16.5. The molecular weight excluding hydrogens is 223 g/mol. The van der Waals surface area contributed by atoms with E-state index in [9.17, 15) is 5.11 Å². The van der Waals surface area contributed by atoms with Crippen LogP contribution in [0, 0.1) is 0 Å². The number of ether oxygens (including phenoxy) is 1. The zero-order valence-corrected chi connectivity index (χ0v) is 11.6. The summed E-state index contributed by atoms with van der Waals surface area (Å²) in [4.78, 5) is 0. The molecule has 0 unspecified atom stereocenters. The maximum absolute atomic E-state index is 9.78. The van der Waals surface area contributed by atoms with Crippen LogP contribution in [0.4, 0.5) is 0 Å². The molecule has 0 aliphatic rings. The van der Waals surface area contributed by atoms with Crippen LogP contribution >= 0.6 is 0 Å². The van der Waals surface area contributed by atoms with Gasteiger partial charge in [0.1, 0.15) is 0 Å². The molecule has 6 heteroatoms. The molecule has 0 bridgehead atoms. The summed E-state index contributed by atoms with van der Waals surface area (Å²) >= 11 is 0. The summed E-state index contributed by atoms with van der Waals surface area (Å²) < 4.78 is 5.65. The van der Waals surface area contributed by atoms with Crippen molar-refractivity contribution in [2.45, 2.75) is 65.1 Å². The first kappa shape index (κ1) is 19.2. The van der Waals surface area contributed by atoms with Gasteiger partial charge in [-0.05, 0) is 34.1 Å². The summed E-state index contributed by atoms with van der Waals surface area (Å²) in [6, 6.07) is 0. The van der Waals surface area contributed by atoms with Crippen molar-refractivity contribution in [3.8, 4) is 0 Å². The predicted octanol–water partition coefficient (Wildman–Crippen LogP) is 0.691. The molecule has 0 saturated heterocycles. The van der Waals surface area contributed by atoms with Crippen LogP contribution < -0.4 is 0 Å². The summed E-state index contributed by atoms with van der Waals surface area (Å²) in [6.07, 6.45) is 3.48. The van der Waals surface area contributed by atoms with Gasteiger partial charge in [0.2, 0.25) is 0 Å². The highest BCUT2D eigenvalue weighted by molar-refractivity contribution is 6.30. The van der Waals surface area contributed by atoms with Crippen molar-refractivity contribution in [3.63, 3.8) is 0 Å². The molecule has 0 aliphatic heterocycles.